The van der Waals surface area contributed by atoms with Gasteiger partial charge in [0.05, 0.1) is 29.1 Å². The predicted molar refractivity (Wildman–Crippen MR) is 136 cm³/mol. The van der Waals surface area contributed by atoms with Crippen LogP contribution in [0, 0.1) is 6.92 Å². The van der Waals surface area contributed by atoms with Crippen LogP contribution < -0.4 is 4.90 Å². The fraction of sp³-hybridized carbons (Fsp3) is 0.370. The van der Waals surface area contributed by atoms with Crippen LogP contribution in [0.1, 0.15) is 38.0 Å². The molecule has 182 valence electrons. The van der Waals surface area contributed by atoms with Crippen molar-refractivity contribution in [2.75, 3.05) is 24.5 Å². The summed E-state index contributed by atoms with van der Waals surface area (Å²) in [5, 5.41) is 8.87. The SMILES string of the molecule is Cc1ccc([C@@H](C)OC(=O)N2CCN(c3cnn4cc(-c5cnn(C)c5)ccc34)CC2(C)C)cc1. The third kappa shape index (κ3) is 4.48. The first-order chi connectivity index (χ1) is 16.7. The molecule has 1 aromatic carbocycles. The van der Waals surface area contributed by atoms with Crippen molar-refractivity contribution in [1.82, 2.24) is 24.3 Å². The van der Waals surface area contributed by atoms with E-state index in [2.05, 4.69) is 41.1 Å². The van der Waals surface area contributed by atoms with Crippen LogP contribution >= 0.6 is 0 Å². The highest BCUT2D eigenvalue weighted by Crippen LogP contribution is 2.31. The summed E-state index contributed by atoms with van der Waals surface area (Å²) in [5.41, 5.74) is 6.01. The number of fused-ring (bicyclic) bond motifs is 1. The molecule has 0 radical (unpaired) electrons. The molecule has 1 saturated heterocycles. The fourth-order valence-corrected chi connectivity index (χ4v) is 4.77. The number of aryl methyl sites for hydroxylation is 2. The second-order valence-corrected chi connectivity index (χ2v) is 10.0. The average molecular weight is 473 g/mol. The molecule has 3 aromatic heterocycles. The predicted octanol–water partition coefficient (Wildman–Crippen LogP) is 4.84. The lowest BCUT2D eigenvalue weighted by Crippen LogP contribution is -2.61. The Morgan fingerprint density at radius 2 is 1.77 bits per heavy atom. The number of carbonyl (C=O) groups excluding carboxylic acids is 1. The minimum Gasteiger partial charge on any atom is -0.442 e. The molecule has 0 unspecified atom stereocenters. The molecule has 1 aliphatic heterocycles. The average Bonchev–Trinajstić information content (AvgIpc) is 3.44. The number of nitrogens with zero attached hydrogens (tertiary/aromatic N) is 6. The monoisotopic (exact) mass is 472 g/mol. The van der Waals surface area contributed by atoms with Crippen LogP contribution in [0.4, 0.5) is 10.5 Å². The number of hydrogen-bond acceptors (Lipinski definition) is 5. The molecule has 4 heterocycles. The number of benzene rings is 1. The summed E-state index contributed by atoms with van der Waals surface area (Å²) in [5.74, 6) is 0. The van der Waals surface area contributed by atoms with Gasteiger partial charge in [-0.15, -0.1) is 0 Å². The Hall–Kier alpha value is -3.81. The molecule has 0 N–H and O–H groups in total. The zero-order valence-electron chi connectivity index (χ0n) is 21.0. The minimum atomic E-state index is -0.397. The van der Waals surface area contributed by atoms with Crippen molar-refractivity contribution in [2.45, 2.75) is 39.3 Å². The van der Waals surface area contributed by atoms with E-state index in [0.29, 0.717) is 19.6 Å². The van der Waals surface area contributed by atoms with E-state index in [1.807, 2.05) is 79.4 Å². The number of carbonyl (C=O) groups is 1. The second kappa shape index (κ2) is 8.76. The van der Waals surface area contributed by atoms with Crippen LogP contribution in [-0.4, -0.2) is 55.6 Å². The highest BCUT2D eigenvalue weighted by molar-refractivity contribution is 5.76. The molecule has 4 aromatic rings. The molecule has 1 aliphatic rings. The van der Waals surface area contributed by atoms with Crippen LogP contribution in [0.25, 0.3) is 16.6 Å². The first kappa shape index (κ1) is 23.0. The lowest BCUT2D eigenvalue weighted by Gasteiger charge is -2.47. The molecule has 1 atom stereocenters. The maximum Gasteiger partial charge on any atom is 0.410 e. The molecule has 1 fully saturated rings. The van der Waals surface area contributed by atoms with Crippen molar-refractivity contribution in [3.05, 3.63) is 72.3 Å². The maximum atomic E-state index is 13.1. The minimum absolute atomic E-state index is 0.274. The van der Waals surface area contributed by atoms with Gasteiger partial charge in [-0.05, 0) is 39.3 Å². The van der Waals surface area contributed by atoms with Crippen LogP contribution in [0.15, 0.2) is 61.2 Å². The Morgan fingerprint density at radius 1 is 1.00 bits per heavy atom. The molecular weight excluding hydrogens is 440 g/mol. The number of ether oxygens (including phenoxy) is 1. The van der Waals surface area contributed by atoms with Gasteiger partial charge in [-0.2, -0.15) is 10.2 Å². The largest absolute Gasteiger partial charge is 0.442 e. The number of rotatable bonds is 4. The highest BCUT2D eigenvalue weighted by atomic mass is 16.6. The van der Waals surface area contributed by atoms with Gasteiger partial charge in [-0.3, -0.25) is 9.58 Å². The van der Waals surface area contributed by atoms with Crippen molar-refractivity contribution < 1.29 is 9.53 Å². The lowest BCUT2D eigenvalue weighted by atomic mass is 9.99. The maximum absolute atomic E-state index is 13.1. The molecule has 8 heteroatoms. The summed E-state index contributed by atoms with van der Waals surface area (Å²) in [4.78, 5) is 17.3. The van der Waals surface area contributed by atoms with Crippen molar-refractivity contribution in [2.24, 2.45) is 7.05 Å². The molecule has 35 heavy (non-hydrogen) atoms. The number of piperazine rings is 1. The molecule has 0 spiro atoms. The summed E-state index contributed by atoms with van der Waals surface area (Å²) in [6.45, 7) is 10.1. The topological polar surface area (TPSA) is 67.9 Å². The standard InChI is InChI=1S/C27H32N6O2/c1-19-6-8-21(9-7-19)20(2)35-26(34)32-13-12-31(18-27(32,3)4)25-15-29-33-17-22(10-11-24(25)33)23-14-28-30(5)16-23/h6-11,14-17,20H,12-13,18H2,1-5H3/t20-/m1/s1. The van der Waals surface area contributed by atoms with Crippen molar-refractivity contribution in [1.29, 1.82) is 0 Å². The number of pyridine rings is 1. The van der Waals surface area contributed by atoms with Gasteiger partial charge < -0.3 is 9.64 Å². The summed E-state index contributed by atoms with van der Waals surface area (Å²) >= 11 is 0. The van der Waals surface area contributed by atoms with Gasteiger partial charge >= 0.3 is 6.09 Å². The summed E-state index contributed by atoms with van der Waals surface area (Å²) in [6.07, 6.45) is 7.21. The summed E-state index contributed by atoms with van der Waals surface area (Å²) in [6, 6.07) is 12.3. The van der Waals surface area contributed by atoms with Gasteiger partial charge in [0, 0.05) is 50.2 Å². The quantitative estimate of drug-likeness (QED) is 0.425. The van der Waals surface area contributed by atoms with E-state index in [4.69, 9.17) is 4.74 Å². The molecule has 5 rings (SSSR count). The zero-order valence-corrected chi connectivity index (χ0v) is 21.0. The van der Waals surface area contributed by atoms with Crippen LogP contribution in [0.3, 0.4) is 0 Å². The number of amides is 1. The zero-order chi connectivity index (χ0) is 24.7. The summed E-state index contributed by atoms with van der Waals surface area (Å²) < 4.78 is 9.55. The van der Waals surface area contributed by atoms with Crippen LogP contribution in [0.5, 0.6) is 0 Å². The summed E-state index contributed by atoms with van der Waals surface area (Å²) in [7, 11) is 1.91. The first-order valence-corrected chi connectivity index (χ1v) is 12.0. The first-order valence-electron chi connectivity index (χ1n) is 12.0. The van der Waals surface area contributed by atoms with Gasteiger partial charge in [-0.25, -0.2) is 9.31 Å². The van der Waals surface area contributed by atoms with E-state index >= 15 is 0 Å². The third-order valence-corrected chi connectivity index (χ3v) is 6.82. The van der Waals surface area contributed by atoms with Gasteiger partial charge in [0.15, 0.2) is 0 Å². The van der Waals surface area contributed by atoms with Crippen LogP contribution in [0.2, 0.25) is 0 Å². The van der Waals surface area contributed by atoms with Gasteiger partial charge in [-0.1, -0.05) is 35.9 Å². The Balaban J connectivity index is 1.30. The Morgan fingerprint density at radius 3 is 2.46 bits per heavy atom. The Bertz CT molecular complexity index is 1350. The van der Waals surface area contributed by atoms with E-state index in [1.54, 1.807) is 4.68 Å². The third-order valence-electron chi connectivity index (χ3n) is 6.82. The number of anilines is 1. The van der Waals surface area contributed by atoms with Gasteiger partial charge in [0.1, 0.15) is 6.10 Å². The highest BCUT2D eigenvalue weighted by Gasteiger charge is 2.39. The Kier molecular flexibility index (Phi) is 5.75. The molecule has 0 bridgehead atoms. The van der Waals surface area contributed by atoms with E-state index in [9.17, 15) is 4.79 Å². The van der Waals surface area contributed by atoms with Crippen molar-refractivity contribution >= 4 is 17.3 Å². The van der Waals surface area contributed by atoms with E-state index in [0.717, 1.165) is 27.9 Å². The van der Waals surface area contributed by atoms with Gasteiger partial charge in [0.2, 0.25) is 0 Å². The van der Waals surface area contributed by atoms with Crippen molar-refractivity contribution in [3.63, 3.8) is 0 Å². The number of hydrogen-bond donors (Lipinski definition) is 0. The van der Waals surface area contributed by atoms with Crippen LogP contribution in [-0.2, 0) is 11.8 Å². The van der Waals surface area contributed by atoms with Crippen molar-refractivity contribution in [3.8, 4) is 11.1 Å². The molecular formula is C27H32N6O2. The molecule has 0 aliphatic carbocycles. The second-order valence-electron chi connectivity index (χ2n) is 10.0. The van der Waals surface area contributed by atoms with E-state index in [-0.39, 0.29) is 12.2 Å². The lowest BCUT2D eigenvalue weighted by molar-refractivity contribution is 0.0333. The normalized spacial score (nSPS) is 16.5. The smallest absolute Gasteiger partial charge is 0.410 e. The van der Waals surface area contributed by atoms with Gasteiger partial charge in [0.25, 0.3) is 0 Å². The Labute approximate surface area is 205 Å². The number of aromatic nitrogens is 4. The van der Waals surface area contributed by atoms with E-state index in [1.165, 1.54) is 5.56 Å². The molecule has 8 nitrogen and oxygen atoms in total. The molecule has 1 amide bonds. The molecule has 0 saturated carbocycles. The van der Waals surface area contributed by atoms with E-state index < -0.39 is 5.54 Å². The fourth-order valence-electron chi connectivity index (χ4n) is 4.77.